The first-order chi connectivity index (χ1) is 12.7. The Morgan fingerprint density at radius 1 is 1.04 bits per heavy atom. The molecular formula is C20H21N3O3. The molecule has 1 aliphatic heterocycles. The Bertz CT molecular complexity index is 790. The average Bonchev–Trinajstić information content (AvgIpc) is 3.35. The summed E-state index contributed by atoms with van der Waals surface area (Å²) in [6.07, 6.45) is 2.85. The molecule has 26 heavy (non-hydrogen) atoms. The van der Waals surface area contributed by atoms with Gasteiger partial charge in [-0.05, 0) is 48.7 Å². The molecule has 1 heterocycles. The number of hydrogen-bond acceptors (Lipinski definition) is 3. The zero-order chi connectivity index (χ0) is 17.9. The topological polar surface area (TPSA) is 79.5 Å². The van der Waals surface area contributed by atoms with Crippen molar-refractivity contribution in [3.8, 4) is 5.75 Å². The zero-order valence-electron chi connectivity index (χ0n) is 14.3. The van der Waals surface area contributed by atoms with Crippen LogP contribution in [0.4, 0.5) is 10.5 Å². The van der Waals surface area contributed by atoms with Gasteiger partial charge < -0.3 is 20.7 Å². The highest BCUT2D eigenvalue weighted by Crippen LogP contribution is 2.27. The van der Waals surface area contributed by atoms with Crippen molar-refractivity contribution >= 4 is 17.6 Å². The molecule has 3 amide bonds. The van der Waals surface area contributed by atoms with Crippen LogP contribution in [-0.2, 0) is 6.42 Å². The number of para-hydroxylation sites is 1. The lowest BCUT2D eigenvalue weighted by Crippen LogP contribution is -2.34. The Morgan fingerprint density at radius 2 is 1.81 bits per heavy atom. The average molecular weight is 351 g/mol. The molecule has 0 spiro atoms. The van der Waals surface area contributed by atoms with E-state index in [9.17, 15) is 9.59 Å². The highest BCUT2D eigenvalue weighted by atomic mass is 16.5. The second-order valence-corrected chi connectivity index (χ2v) is 6.71. The smallest absolute Gasteiger partial charge is 0.319 e. The van der Waals surface area contributed by atoms with Crippen molar-refractivity contribution in [1.29, 1.82) is 0 Å². The highest BCUT2D eigenvalue weighted by Gasteiger charge is 2.24. The molecule has 1 saturated carbocycles. The van der Waals surface area contributed by atoms with Gasteiger partial charge in [0.15, 0.2) is 0 Å². The molecule has 0 radical (unpaired) electrons. The van der Waals surface area contributed by atoms with Crippen LogP contribution in [-0.4, -0.2) is 30.6 Å². The number of ether oxygens (including phenoxy) is 1. The van der Waals surface area contributed by atoms with E-state index in [-0.39, 0.29) is 18.0 Å². The van der Waals surface area contributed by atoms with Gasteiger partial charge in [0, 0.05) is 23.7 Å². The minimum absolute atomic E-state index is 0.0385. The van der Waals surface area contributed by atoms with Gasteiger partial charge in [-0.3, -0.25) is 4.79 Å². The summed E-state index contributed by atoms with van der Waals surface area (Å²) in [5.74, 6) is 0.741. The number of urea groups is 1. The van der Waals surface area contributed by atoms with Crippen LogP contribution in [0.3, 0.4) is 0 Å². The van der Waals surface area contributed by atoms with Crippen LogP contribution >= 0.6 is 0 Å². The lowest BCUT2D eigenvalue weighted by Gasteiger charge is -2.12. The number of hydrogen-bond donors (Lipinski definition) is 3. The maximum atomic E-state index is 12.3. The van der Waals surface area contributed by atoms with E-state index in [0.717, 1.165) is 25.0 Å². The number of amides is 3. The van der Waals surface area contributed by atoms with Crippen LogP contribution in [0, 0.1) is 0 Å². The fourth-order valence-corrected chi connectivity index (χ4v) is 2.96. The maximum Gasteiger partial charge on any atom is 0.319 e. The summed E-state index contributed by atoms with van der Waals surface area (Å²) in [4.78, 5) is 24.0. The number of carbonyl (C=O) groups excluding carboxylic acids is 2. The maximum absolute atomic E-state index is 12.3. The second kappa shape index (κ2) is 7.07. The van der Waals surface area contributed by atoms with Crippen molar-refractivity contribution in [3.63, 3.8) is 0 Å². The number of anilines is 1. The minimum atomic E-state index is -0.206. The molecule has 1 aliphatic carbocycles. The summed E-state index contributed by atoms with van der Waals surface area (Å²) in [6, 6.07) is 14.9. The van der Waals surface area contributed by atoms with Crippen molar-refractivity contribution in [3.05, 3.63) is 59.7 Å². The molecule has 1 fully saturated rings. The second-order valence-electron chi connectivity index (χ2n) is 6.71. The summed E-state index contributed by atoms with van der Waals surface area (Å²) in [5.41, 5.74) is 2.38. The van der Waals surface area contributed by atoms with Crippen molar-refractivity contribution in [2.75, 3.05) is 11.9 Å². The normalized spacial score (nSPS) is 17.8. The minimum Gasteiger partial charge on any atom is -0.488 e. The monoisotopic (exact) mass is 351 g/mol. The summed E-state index contributed by atoms with van der Waals surface area (Å²) in [7, 11) is 0. The molecule has 6 nitrogen and oxygen atoms in total. The molecule has 2 aliphatic rings. The molecule has 6 heteroatoms. The summed E-state index contributed by atoms with van der Waals surface area (Å²) >= 11 is 0. The van der Waals surface area contributed by atoms with Crippen LogP contribution in [0.15, 0.2) is 48.5 Å². The van der Waals surface area contributed by atoms with Gasteiger partial charge >= 0.3 is 6.03 Å². The SMILES string of the molecule is O=C(Nc1ccc(C(=O)NCC2Cc3ccccc3O2)cc1)NC1CC1. The van der Waals surface area contributed by atoms with E-state index in [1.165, 1.54) is 5.56 Å². The Hall–Kier alpha value is -3.02. The van der Waals surface area contributed by atoms with Gasteiger partial charge in [-0.2, -0.15) is 0 Å². The third kappa shape index (κ3) is 3.96. The predicted molar refractivity (Wildman–Crippen MR) is 98.5 cm³/mol. The summed E-state index contributed by atoms with van der Waals surface area (Å²) < 4.78 is 5.82. The van der Waals surface area contributed by atoms with E-state index < -0.39 is 0 Å². The van der Waals surface area contributed by atoms with E-state index in [4.69, 9.17) is 4.74 Å². The first-order valence-corrected chi connectivity index (χ1v) is 8.88. The quantitative estimate of drug-likeness (QED) is 0.775. The third-order valence-electron chi connectivity index (χ3n) is 4.52. The molecule has 4 rings (SSSR count). The number of carbonyl (C=O) groups is 2. The Kier molecular flexibility index (Phi) is 4.48. The first kappa shape index (κ1) is 16.4. The van der Waals surface area contributed by atoms with Gasteiger partial charge in [0.05, 0.1) is 6.54 Å². The van der Waals surface area contributed by atoms with Crippen LogP contribution in [0.2, 0.25) is 0 Å². The molecule has 3 N–H and O–H groups in total. The van der Waals surface area contributed by atoms with Gasteiger partial charge in [0.1, 0.15) is 11.9 Å². The molecule has 134 valence electrons. The first-order valence-electron chi connectivity index (χ1n) is 8.88. The molecule has 0 aromatic heterocycles. The van der Waals surface area contributed by atoms with Crippen molar-refractivity contribution in [2.24, 2.45) is 0 Å². The molecule has 0 saturated heterocycles. The fourth-order valence-electron chi connectivity index (χ4n) is 2.96. The molecule has 1 atom stereocenters. The van der Waals surface area contributed by atoms with Crippen LogP contribution < -0.4 is 20.7 Å². The number of nitrogens with one attached hydrogen (secondary N) is 3. The van der Waals surface area contributed by atoms with E-state index >= 15 is 0 Å². The van der Waals surface area contributed by atoms with E-state index in [1.54, 1.807) is 24.3 Å². The van der Waals surface area contributed by atoms with E-state index in [0.29, 0.717) is 23.8 Å². The van der Waals surface area contributed by atoms with E-state index in [1.807, 2.05) is 24.3 Å². The van der Waals surface area contributed by atoms with Gasteiger partial charge in [0.25, 0.3) is 5.91 Å². The number of benzene rings is 2. The highest BCUT2D eigenvalue weighted by molar-refractivity contribution is 5.95. The fraction of sp³-hybridized carbons (Fsp3) is 0.300. The Morgan fingerprint density at radius 3 is 2.54 bits per heavy atom. The van der Waals surface area contributed by atoms with E-state index in [2.05, 4.69) is 16.0 Å². The van der Waals surface area contributed by atoms with Crippen molar-refractivity contribution in [2.45, 2.75) is 31.4 Å². The van der Waals surface area contributed by atoms with Crippen molar-refractivity contribution < 1.29 is 14.3 Å². The van der Waals surface area contributed by atoms with Crippen LogP contribution in [0.5, 0.6) is 5.75 Å². The molecular weight excluding hydrogens is 330 g/mol. The molecule has 2 aromatic carbocycles. The predicted octanol–water partition coefficient (Wildman–Crippen LogP) is 2.70. The summed E-state index contributed by atoms with van der Waals surface area (Å²) in [6.45, 7) is 0.456. The number of rotatable bonds is 5. The van der Waals surface area contributed by atoms with Gasteiger partial charge in [-0.15, -0.1) is 0 Å². The largest absolute Gasteiger partial charge is 0.488 e. The zero-order valence-corrected chi connectivity index (χ0v) is 14.3. The van der Waals surface area contributed by atoms with Crippen molar-refractivity contribution in [1.82, 2.24) is 10.6 Å². The lowest BCUT2D eigenvalue weighted by atomic mass is 10.1. The van der Waals surface area contributed by atoms with Gasteiger partial charge in [0.2, 0.25) is 0 Å². The Labute approximate surface area is 151 Å². The number of fused-ring (bicyclic) bond motifs is 1. The van der Waals surface area contributed by atoms with Gasteiger partial charge in [-0.25, -0.2) is 4.79 Å². The standard InChI is InChI=1S/C20H21N3O3/c24-19(21-12-17-11-14-3-1-2-4-18(14)26-17)13-5-7-15(8-6-13)22-20(25)23-16-9-10-16/h1-8,16-17H,9-12H2,(H,21,24)(H2,22,23,25). The lowest BCUT2D eigenvalue weighted by molar-refractivity contribution is 0.0933. The van der Waals surface area contributed by atoms with Crippen LogP contribution in [0.25, 0.3) is 0 Å². The molecule has 2 aromatic rings. The molecule has 0 bridgehead atoms. The third-order valence-corrected chi connectivity index (χ3v) is 4.52. The Balaban J connectivity index is 1.26. The molecule has 1 unspecified atom stereocenters. The van der Waals surface area contributed by atoms with Gasteiger partial charge in [-0.1, -0.05) is 18.2 Å². The van der Waals surface area contributed by atoms with Crippen LogP contribution in [0.1, 0.15) is 28.8 Å². The summed E-state index contributed by atoms with van der Waals surface area (Å²) in [5, 5.41) is 8.53.